The van der Waals surface area contributed by atoms with Gasteiger partial charge >= 0.3 is 0 Å². The van der Waals surface area contributed by atoms with Crippen molar-refractivity contribution in [2.24, 2.45) is 5.41 Å². The van der Waals surface area contributed by atoms with Crippen LogP contribution in [0.4, 0.5) is 0 Å². The molecule has 0 heterocycles. The average molecular weight is 251 g/mol. The van der Waals surface area contributed by atoms with Crippen LogP contribution in [0.3, 0.4) is 0 Å². The van der Waals surface area contributed by atoms with Crippen molar-refractivity contribution in [3.05, 3.63) is 29.8 Å². The summed E-state index contributed by atoms with van der Waals surface area (Å²) in [7, 11) is 1.63. The number of methoxy groups -OCH3 is 1. The summed E-state index contributed by atoms with van der Waals surface area (Å²) in [5.74, 6) is 0.779. The SMILES string of the molecule is COc1cccc(C(O)CNCCC(C)(C)C)c1. The Morgan fingerprint density at radius 3 is 2.67 bits per heavy atom. The Morgan fingerprint density at radius 2 is 2.06 bits per heavy atom. The Morgan fingerprint density at radius 1 is 1.33 bits per heavy atom. The molecule has 3 heteroatoms. The van der Waals surface area contributed by atoms with Crippen LogP contribution in [0.25, 0.3) is 0 Å². The molecule has 1 atom stereocenters. The van der Waals surface area contributed by atoms with Crippen molar-refractivity contribution >= 4 is 0 Å². The molecule has 102 valence electrons. The largest absolute Gasteiger partial charge is 0.497 e. The van der Waals surface area contributed by atoms with E-state index in [1.54, 1.807) is 7.11 Å². The predicted octanol–water partition coefficient (Wildman–Crippen LogP) is 2.75. The molecule has 0 aliphatic rings. The summed E-state index contributed by atoms with van der Waals surface area (Å²) in [5, 5.41) is 13.3. The number of benzene rings is 1. The summed E-state index contributed by atoms with van der Waals surface area (Å²) < 4.78 is 5.14. The van der Waals surface area contributed by atoms with E-state index < -0.39 is 6.10 Å². The van der Waals surface area contributed by atoms with Crippen LogP contribution in [-0.4, -0.2) is 25.3 Å². The third-order valence-electron chi connectivity index (χ3n) is 2.87. The fraction of sp³-hybridized carbons (Fsp3) is 0.600. The number of rotatable bonds is 6. The molecule has 18 heavy (non-hydrogen) atoms. The van der Waals surface area contributed by atoms with Crippen molar-refractivity contribution in [2.75, 3.05) is 20.2 Å². The van der Waals surface area contributed by atoms with Crippen LogP contribution in [0, 0.1) is 5.41 Å². The van der Waals surface area contributed by atoms with Crippen LogP contribution in [-0.2, 0) is 0 Å². The second-order valence-electron chi connectivity index (χ2n) is 5.81. The van der Waals surface area contributed by atoms with Gasteiger partial charge in [0, 0.05) is 6.54 Å². The van der Waals surface area contributed by atoms with Gasteiger partial charge in [-0.25, -0.2) is 0 Å². The highest BCUT2D eigenvalue weighted by Gasteiger charge is 2.11. The molecule has 0 aliphatic carbocycles. The minimum absolute atomic E-state index is 0.327. The van der Waals surface area contributed by atoms with Gasteiger partial charge in [0.25, 0.3) is 0 Å². The molecule has 1 aromatic rings. The van der Waals surface area contributed by atoms with Crippen molar-refractivity contribution in [2.45, 2.75) is 33.3 Å². The monoisotopic (exact) mass is 251 g/mol. The lowest BCUT2D eigenvalue weighted by molar-refractivity contribution is 0.172. The van der Waals surface area contributed by atoms with Crippen LogP contribution < -0.4 is 10.1 Å². The van der Waals surface area contributed by atoms with Gasteiger partial charge in [0.2, 0.25) is 0 Å². The van der Waals surface area contributed by atoms with Gasteiger partial charge in [0.1, 0.15) is 5.75 Å². The van der Waals surface area contributed by atoms with Crippen LogP contribution in [0.2, 0.25) is 0 Å². The van der Waals surface area contributed by atoms with Gasteiger partial charge in [0.05, 0.1) is 13.2 Å². The first kappa shape index (κ1) is 15.0. The van der Waals surface area contributed by atoms with E-state index in [-0.39, 0.29) is 0 Å². The fourth-order valence-corrected chi connectivity index (χ4v) is 1.67. The molecule has 0 aliphatic heterocycles. The first-order chi connectivity index (χ1) is 8.42. The van der Waals surface area contributed by atoms with Crippen LogP contribution in [0.1, 0.15) is 38.9 Å². The van der Waals surface area contributed by atoms with E-state index in [9.17, 15) is 5.11 Å². The van der Waals surface area contributed by atoms with Crippen molar-refractivity contribution in [1.82, 2.24) is 5.32 Å². The van der Waals surface area contributed by atoms with E-state index in [0.717, 1.165) is 24.3 Å². The maximum Gasteiger partial charge on any atom is 0.119 e. The minimum Gasteiger partial charge on any atom is -0.497 e. The standard InChI is InChI=1S/C15H25NO2/c1-15(2,3)8-9-16-11-14(17)12-6-5-7-13(10-12)18-4/h5-7,10,14,16-17H,8-9,11H2,1-4H3. The normalized spacial score (nSPS) is 13.4. The van der Waals surface area contributed by atoms with Gasteiger partial charge in [-0.1, -0.05) is 32.9 Å². The van der Waals surface area contributed by atoms with E-state index in [2.05, 4.69) is 26.1 Å². The number of aliphatic hydroxyl groups is 1. The molecule has 0 amide bonds. The topological polar surface area (TPSA) is 41.5 Å². The van der Waals surface area contributed by atoms with Crippen LogP contribution in [0.15, 0.2) is 24.3 Å². The summed E-state index contributed by atoms with van der Waals surface area (Å²) >= 11 is 0. The highest BCUT2D eigenvalue weighted by molar-refractivity contribution is 5.29. The molecule has 1 rings (SSSR count). The van der Waals surface area contributed by atoms with E-state index in [1.807, 2.05) is 24.3 Å². The maximum absolute atomic E-state index is 10.1. The molecular weight excluding hydrogens is 226 g/mol. The zero-order chi connectivity index (χ0) is 13.6. The molecule has 1 aromatic carbocycles. The Labute approximate surface area is 110 Å². The lowest BCUT2D eigenvalue weighted by Crippen LogP contribution is -2.25. The van der Waals surface area contributed by atoms with Gasteiger partial charge in [-0.2, -0.15) is 0 Å². The third-order valence-corrected chi connectivity index (χ3v) is 2.87. The molecule has 0 bridgehead atoms. The van der Waals surface area contributed by atoms with E-state index >= 15 is 0 Å². The lowest BCUT2D eigenvalue weighted by atomic mass is 9.92. The summed E-state index contributed by atoms with van der Waals surface area (Å²) in [6, 6.07) is 7.56. The van der Waals surface area contributed by atoms with E-state index in [4.69, 9.17) is 4.74 Å². The first-order valence-corrected chi connectivity index (χ1v) is 6.45. The summed E-state index contributed by atoms with van der Waals surface area (Å²) in [6.07, 6.45) is 0.609. The van der Waals surface area contributed by atoms with E-state index in [0.29, 0.717) is 12.0 Å². The number of ether oxygens (including phenoxy) is 1. The molecule has 2 N–H and O–H groups in total. The number of aliphatic hydroxyl groups excluding tert-OH is 1. The van der Waals surface area contributed by atoms with E-state index in [1.165, 1.54) is 0 Å². The van der Waals surface area contributed by atoms with Gasteiger partial charge in [0.15, 0.2) is 0 Å². The van der Waals surface area contributed by atoms with Crippen molar-refractivity contribution in [3.8, 4) is 5.75 Å². The number of hydrogen-bond donors (Lipinski definition) is 2. The molecule has 0 saturated carbocycles. The Bertz CT molecular complexity index is 358. The number of hydrogen-bond acceptors (Lipinski definition) is 3. The zero-order valence-corrected chi connectivity index (χ0v) is 11.9. The summed E-state index contributed by atoms with van der Waals surface area (Å²) in [6.45, 7) is 8.14. The molecule has 1 unspecified atom stereocenters. The quantitative estimate of drug-likeness (QED) is 0.764. The highest BCUT2D eigenvalue weighted by atomic mass is 16.5. The summed E-state index contributed by atoms with van der Waals surface area (Å²) in [4.78, 5) is 0. The second kappa shape index (κ2) is 6.76. The smallest absolute Gasteiger partial charge is 0.119 e. The van der Waals surface area contributed by atoms with Gasteiger partial charge in [-0.05, 0) is 36.1 Å². The Balaban J connectivity index is 2.38. The van der Waals surface area contributed by atoms with Crippen molar-refractivity contribution in [3.63, 3.8) is 0 Å². The van der Waals surface area contributed by atoms with Gasteiger partial charge in [-0.15, -0.1) is 0 Å². The molecule has 0 saturated heterocycles. The van der Waals surface area contributed by atoms with Crippen molar-refractivity contribution in [1.29, 1.82) is 0 Å². The van der Waals surface area contributed by atoms with Crippen molar-refractivity contribution < 1.29 is 9.84 Å². The second-order valence-corrected chi connectivity index (χ2v) is 5.81. The predicted molar refractivity (Wildman–Crippen MR) is 74.9 cm³/mol. The fourth-order valence-electron chi connectivity index (χ4n) is 1.67. The Hall–Kier alpha value is -1.06. The molecule has 0 fully saturated rings. The summed E-state index contributed by atoms with van der Waals surface area (Å²) in [5.41, 5.74) is 1.21. The minimum atomic E-state index is -0.486. The van der Waals surface area contributed by atoms with Gasteiger partial charge in [-0.3, -0.25) is 0 Å². The first-order valence-electron chi connectivity index (χ1n) is 6.45. The maximum atomic E-state index is 10.1. The van der Waals surface area contributed by atoms with Gasteiger partial charge < -0.3 is 15.2 Å². The average Bonchev–Trinajstić information content (AvgIpc) is 2.33. The number of nitrogens with one attached hydrogen (secondary N) is 1. The highest BCUT2D eigenvalue weighted by Crippen LogP contribution is 2.19. The third kappa shape index (κ3) is 5.52. The molecule has 3 nitrogen and oxygen atoms in total. The van der Waals surface area contributed by atoms with Crippen LogP contribution in [0.5, 0.6) is 5.75 Å². The lowest BCUT2D eigenvalue weighted by Gasteiger charge is -2.19. The zero-order valence-electron chi connectivity index (χ0n) is 11.9. The molecular formula is C15H25NO2. The van der Waals surface area contributed by atoms with Crippen LogP contribution >= 0.6 is 0 Å². The Kier molecular flexibility index (Phi) is 5.63. The molecule has 0 aromatic heterocycles. The molecule has 0 spiro atoms. The molecule has 0 radical (unpaired) electrons.